The van der Waals surface area contributed by atoms with Gasteiger partial charge >= 0.3 is 0 Å². The van der Waals surface area contributed by atoms with Crippen LogP contribution in [0.3, 0.4) is 0 Å². The van der Waals surface area contributed by atoms with Crippen molar-refractivity contribution >= 4 is 0 Å². The highest BCUT2D eigenvalue weighted by molar-refractivity contribution is 6.01. The molecule has 9 aromatic rings. The fourth-order valence-corrected chi connectivity index (χ4v) is 7.96. The molecule has 0 N–H and O–H groups in total. The highest BCUT2D eigenvalue weighted by Crippen LogP contribution is 2.47. The molecule has 0 spiro atoms. The molecule has 9 aromatic carbocycles. The zero-order chi connectivity index (χ0) is 37.7. The molecule has 0 aliphatic carbocycles. The number of benzene rings is 9. The minimum Gasteiger partial charge on any atom is -0.192 e. The van der Waals surface area contributed by atoms with Gasteiger partial charge in [0, 0.05) is 11.1 Å². The summed E-state index contributed by atoms with van der Waals surface area (Å²) in [6.45, 7) is 0. The third kappa shape index (κ3) is 6.62. The van der Waals surface area contributed by atoms with Crippen LogP contribution in [-0.4, -0.2) is 0 Å². The summed E-state index contributed by atoms with van der Waals surface area (Å²) in [6.07, 6.45) is 0. The Hall–Kier alpha value is -7.53. The van der Waals surface area contributed by atoms with Crippen molar-refractivity contribution in [2.45, 2.75) is 0 Å². The molecule has 0 radical (unpaired) electrons. The molecule has 56 heavy (non-hydrogen) atoms. The Labute approximate surface area is 329 Å². The molecule has 0 fully saturated rings. The van der Waals surface area contributed by atoms with Crippen LogP contribution in [0.4, 0.5) is 0 Å². The molecule has 0 aromatic heterocycles. The highest BCUT2D eigenvalue weighted by atomic mass is 14.3. The van der Waals surface area contributed by atoms with E-state index in [-0.39, 0.29) is 0 Å². The van der Waals surface area contributed by atoms with E-state index in [1.165, 1.54) is 0 Å². The largest absolute Gasteiger partial charge is 0.192 e. The Morgan fingerprint density at radius 2 is 0.482 bits per heavy atom. The van der Waals surface area contributed by atoms with Crippen molar-refractivity contribution < 1.29 is 0 Å². The number of hydrogen-bond donors (Lipinski definition) is 0. The topological polar surface area (TPSA) is 23.8 Å². The van der Waals surface area contributed by atoms with Crippen molar-refractivity contribution in [2.24, 2.45) is 0 Å². The van der Waals surface area contributed by atoms with Crippen LogP contribution in [0.5, 0.6) is 0 Å². The van der Waals surface area contributed by atoms with Gasteiger partial charge in [-0.1, -0.05) is 200 Å². The van der Waals surface area contributed by atoms with Crippen molar-refractivity contribution in [3.63, 3.8) is 0 Å². The third-order valence-electron chi connectivity index (χ3n) is 10.5. The fraction of sp³-hybridized carbons (Fsp3) is 0. The summed E-state index contributed by atoms with van der Waals surface area (Å²) in [7, 11) is 0. The molecule has 262 valence electrons. The summed E-state index contributed by atoms with van der Waals surface area (Å²) in [5, 5.41) is 11.2. The average Bonchev–Trinajstić information content (AvgIpc) is 3.29. The number of nitrogens with zero attached hydrogens (tertiary/aromatic N) is 1. The Bertz CT molecular complexity index is 2490. The summed E-state index contributed by atoms with van der Waals surface area (Å²) < 4.78 is 0. The SMILES string of the molecule is N#Cc1c(-c2cc(-c3ccccc3)c(-c3ccccc3)c(-c3ccccc3)c2)cccc1-c1cc(-c2ccccc2)c(-c2ccccc2)c(-c2ccccc2)c1. The van der Waals surface area contributed by atoms with E-state index in [1.54, 1.807) is 0 Å². The lowest BCUT2D eigenvalue weighted by Gasteiger charge is -2.21. The van der Waals surface area contributed by atoms with Crippen LogP contribution in [0.1, 0.15) is 5.56 Å². The Kier molecular flexibility index (Phi) is 9.45. The molecular weight excluding hydrogens is 675 g/mol. The zero-order valence-electron chi connectivity index (χ0n) is 30.8. The van der Waals surface area contributed by atoms with Gasteiger partial charge in [0.05, 0.1) is 5.56 Å². The lowest BCUT2D eigenvalue weighted by molar-refractivity contribution is 1.46. The quantitative estimate of drug-likeness (QED) is 0.154. The van der Waals surface area contributed by atoms with Gasteiger partial charge in [0.15, 0.2) is 0 Å². The average molecular weight is 712 g/mol. The Balaban J connectivity index is 1.32. The van der Waals surface area contributed by atoms with Crippen molar-refractivity contribution in [2.75, 3.05) is 0 Å². The normalized spacial score (nSPS) is 10.8. The third-order valence-corrected chi connectivity index (χ3v) is 10.5. The zero-order valence-corrected chi connectivity index (χ0v) is 30.8. The second-order valence-electron chi connectivity index (χ2n) is 13.9. The van der Waals surface area contributed by atoms with Gasteiger partial charge in [-0.15, -0.1) is 0 Å². The number of nitriles is 1. The van der Waals surface area contributed by atoms with Crippen LogP contribution in [-0.2, 0) is 0 Å². The van der Waals surface area contributed by atoms with Gasteiger partial charge in [0.2, 0.25) is 0 Å². The molecule has 9 rings (SSSR count). The van der Waals surface area contributed by atoms with Crippen LogP contribution < -0.4 is 0 Å². The molecule has 0 atom stereocenters. The van der Waals surface area contributed by atoms with Crippen LogP contribution in [0.15, 0.2) is 224 Å². The van der Waals surface area contributed by atoms with Crippen LogP contribution in [0.2, 0.25) is 0 Å². The second-order valence-corrected chi connectivity index (χ2v) is 13.9. The lowest BCUT2D eigenvalue weighted by atomic mass is 9.82. The van der Waals surface area contributed by atoms with Crippen LogP contribution in [0.25, 0.3) is 89.0 Å². The van der Waals surface area contributed by atoms with E-state index in [9.17, 15) is 5.26 Å². The number of hydrogen-bond acceptors (Lipinski definition) is 1. The molecule has 0 unspecified atom stereocenters. The van der Waals surface area contributed by atoms with E-state index in [4.69, 9.17) is 0 Å². The first-order chi connectivity index (χ1) is 27.8. The van der Waals surface area contributed by atoms with Crippen molar-refractivity contribution in [3.8, 4) is 95.1 Å². The van der Waals surface area contributed by atoms with E-state index in [1.807, 2.05) is 0 Å². The van der Waals surface area contributed by atoms with E-state index in [0.717, 1.165) is 89.0 Å². The van der Waals surface area contributed by atoms with Gasteiger partial charge in [-0.05, 0) is 102 Å². The summed E-state index contributed by atoms with van der Waals surface area (Å²) in [5.74, 6) is 0. The smallest absolute Gasteiger partial charge is 0.100 e. The molecule has 0 saturated carbocycles. The molecule has 0 bridgehead atoms. The van der Waals surface area contributed by atoms with Gasteiger partial charge in [0.25, 0.3) is 0 Å². The summed E-state index contributed by atoms with van der Waals surface area (Å²) in [4.78, 5) is 0. The second kappa shape index (κ2) is 15.4. The van der Waals surface area contributed by atoms with E-state index >= 15 is 0 Å². The minimum atomic E-state index is 0.642. The molecular formula is C55H37N. The molecule has 1 nitrogen and oxygen atoms in total. The molecule has 0 heterocycles. The first-order valence-corrected chi connectivity index (χ1v) is 19.0. The van der Waals surface area contributed by atoms with E-state index in [2.05, 4.69) is 231 Å². The first-order valence-electron chi connectivity index (χ1n) is 19.0. The van der Waals surface area contributed by atoms with Gasteiger partial charge < -0.3 is 0 Å². The molecule has 0 amide bonds. The lowest BCUT2D eigenvalue weighted by Crippen LogP contribution is -1.96. The minimum absolute atomic E-state index is 0.642. The maximum absolute atomic E-state index is 11.2. The Morgan fingerprint density at radius 3 is 0.732 bits per heavy atom. The van der Waals surface area contributed by atoms with Crippen molar-refractivity contribution in [1.29, 1.82) is 5.26 Å². The highest BCUT2D eigenvalue weighted by Gasteiger charge is 2.22. The van der Waals surface area contributed by atoms with Crippen molar-refractivity contribution in [1.82, 2.24) is 0 Å². The monoisotopic (exact) mass is 711 g/mol. The van der Waals surface area contributed by atoms with Crippen molar-refractivity contribution in [3.05, 3.63) is 230 Å². The first kappa shape index (κ1) is 34.3. The fourth-order valence-electron chi connectivity index (χ4n) is 7.96. The summed E-state index contributed by atoms with van der Waals surface area (Å²) in [6, 6.07) is 81.6. The molecule has 0 aliphatic rings. The van der Waals surface area contributed by atoms with Gasteiger partial charge in [0.1, 0.15) is 6.07 Å². The van der Waals surface area contributed by atoms with Gasteiger partial charge in [-0.3, -0.25) is 0 Å². The van der Waals surface area contributed by atoms with E-state index < -0.39 is 0 Å². The summed E-state index contributed by atoms with van der Waals surface area (Å²) in [5.41, 5.74) is 18.0. The maximum atomic E-state index is 11.2. The maximum Gasteiger partial charge on any atom is 0.100 e. The number of rotatable bonds is 8. The van der Waals surface area contributed by atoms with Gasteiger partial charge in [-0.2, -0.15) is 5.26 Å². The van der Waals surface area contributed by atoms with Crippen LogP contribution in [0, 0.1) is 11.3 Å². The van der Waals surface area contributed by atoms with Gasteiger partial charge in [-0.25, -0.2) is 0 Å². The molecule has 1 heteroatoms. The Morgan fingerprint density at radius 1 is 0.232 bits per heavy atom. The standard InChI is InChI=1S/C55H37N/c56-38-53-47(45-34-49(39-20-7-1-8-21-39)54(43-28-15-5-16-29-43)50(35-45)40-22-9-2-10-23-40)32-19-33-48(53)46-36-51(41-24-11-3-12-25-41)55(44-30-17-6-18-31-44)52(37-46)42-26-13-4-14-27-42/h1-37H. The predicted molar refractivity (Wildman–Crippen MR) is 235 cm³/mol. The van der Waals surface area contributed by atoms with Crippen LogP contribution >= 0.6 is 0 Å². The van der Waals surface area contributed by atoms with E-state index in [0.29, 0.717) is 5.56 Å². The predicted octanol–water partition coefficient (Wildman–Crippen LogP) is 14.9. The molecule has 0 aliphatic heterocycles. The molecule has 0 saturated heterocycles. The summed E-state index contributed by atoms with van der Waals surface area (Å²) >= 11 is 0.